The van der Waals surface area contributed by atoms with E-state index in [9.17, 15) is 4.79 Å². The average Bonchev–Trinajstić information content (AvgIpc) is 3.27. The maximum atomic E-state index is 11.5. The van der Waals surface area contributed by atoms with E-state index in [0.717, 1.165) is 44.2 Å². The first-order valence-electron chi connectivity index (χ1n) is 7.97. The van der Waals surface area contributed by atoms with Crippen molar-refractivity contribution in [3.63, 3.8) is 0 Å². The first kappa shape index (κ1) is 14.3. The van der Waals surface area contributed by atoms with Gasteiger partial charge in [0.2, 0.25) is 5.95 Å². The Balaban J connectivity index is 1.35. The molecule has 0 radical (unpaired) electrons. The van der Waals surface area contributed by atoms with Crippen LogP contribution in [-0.2, 0) is 6.54 Å². The second kappa shape index (κ2) is 5.69. The zero-order valence-electron chi connectivity index (χ0n) is 12.9. The maximum Gasteiger partial charge on any atom is 0.254 e. The van der Waals surface area contributed by atoms with Crippen LogP contribution in [-0.4, -0.2) is 46.2 Å². The molecule has 1 aliphatic heterocycles. The quantitative estimate of drug-likeness (QED) is 0.848. The van der Waals surface area contributed by atoms with E-state index in [-0.39, 0.29) is 11.5 Å². The Kier molecular flexibility index (Phi) is 3.53. The van der Waals surface area contributed by atoms with E-state index < -0.39 is 0 Å². The predicted octanol–water partition coefficient (Wildman–Crippen LogP) is 0.540. The molecule has 2 fully saturated rings. The number of anilines is 2. The Hall–Kier alpha value is -2.35. The number of nitrogen functional groups attached to an aromatic ring is 1. The molecule has 0 atom stereocenters. The average molecular weight is 316 g/mol. The van der Waals surface area contributed by atoms with E-state index in [1.165, 1.54) is 18.9 Å². The summed E-state index contributed by atoms with van der Waals surface area (Å²) in [5.41, 5.74) is 6.39. The summed E-state index contributed by atoms with van der Waals surface area (Å²) in [6.07, 6.45) is 2.44. The molecule has 1 saturated carbocycles. The van der Waals surface area contributed by atoms with Crippen LogP contribution in [0.15, 0.2) is 21.5 Å². The SMILES string of the molecule is Nc1nc(N2CCN(Cc3cc(C4CC4)on3)CC2)cc(=O)[nH]1. The molecule has 122 valence electrons. The van der Waals surface area contributed by atoms with Crippen molar-refractivity contribution in [3.05, 3.63) is 33.9 Å². The monoisotopic (exact) mass is 316 g/mol. The minimum atomic E-state index is -0.217. The van der Waals surface area contributed by atoms with Crippen LogP contribution in [0, 0.1) is 0 Å². The lowest BCUT2D eigenvalue weighted by Gasteiger charge is -2.34. The number of nitrogens with zero attached hydrogens (tertiary/aromatic N) is 4. The van der Waals surface area contributed by atoms with Gasteiger partial charge in [-0.25, -0.2) is 0 Å². The van der Waals surface area contributed by atoms with Crippen LogP contribution in [0.5, 0.6) is 0 Å². The Labute approximate surface area is 133 Å². The second-order valence-corrected chi connectivity index (χ2v) is 6.25. The highest BCUT2D eigenvalue weighted by molar-refractivity contribution is 5.41. The fraction of sp³-hybridized carbons (Fsp3) is 0.533. The molecule has 8 nitrogen and oxygen atoms in total. The van der Waals surface area contributed by atoms with Gasteiger partial charge >= 0.3 is 0 Å². The minimum Gasteiger partial charge on any atom is -0.369 e. The summed E-state index contributed by atoms with van der Waals surface area (Å²) in [5, 5.41) is 4.17. The minimum absolute atomic E-state index is 0.158. The molecule has 1 saturated heterocycles. The largest absolute Gasteiger partial charge is 0.369 e. The molecule has 3 N–H and O–H groups in total. The zero-order valence-corrected chi connectivity index (χ0v) is 12.9. The molecule has 1 aliphatic carbocycles. The predicted molar refractivity (Wildman–Crippen MR) is 85.2 cm³/mol. The highest BCUT2D eigenvalue weighted by atomic mass is 16.5. The molecule has 2 aromatic rings. The van der Waals surface area contributed by atoms with Gasteiger partial charge in [-0.1, -0.05) is 5.16 Å². The lowest BCUT2D eigenvalue weighted by molar-refractivity contribution is 0.241. The van der Waals surface area contributed by atoms with E-state index in [1.54, 1.807) is 0 Å². The van der Waals surface area contributed by atoms with Gasteiger partial charge in [0.15, 0.2) is 0 Å². The Bertz CT molecular complexity index is 742. The van der Waals surface area contributed by atoms with Crippen LogP contribution in [0.2, 0.25) is 0 Å². The lowest BCUT2D eigenvalue weighted by Crippen LogP contribution is -2.46. The molecule has 2 aliphatic rings. The third kappa shape index (κ3) is 3.21. The number of aromatic nitrogens is 3. The van der Waals surface area contributed by atoms with E-state index in [4.69, 9.17) is 10.3 Å². The molecule has 0 aromatic carbocycles. The van der Waals surface area contributed by atoms with Crippen molar-refractivity contribution in [1.29, 1.82) is 0 Å². The first-order chi connectivity index (χ1) is 11.2. The van der Waals surface area contributed by atoms with Crippen LogP contribution in [0.4, 0.5) is 11.8 Å². The van der Waals surface area contributed by atoms with Gasteiger partial charge in [0.1, 0.15) is 11.6 Å². The Morgan fingerprint density at radius 3 is 2.74 bits per heavy atom. The van der Waals surface area contributed by atoms with Gasteiger partial charge in [-0.3, -0.25) is 14.7 Å². The van der Waals surface area contributed by atoms with Crippen molar-refractivity contribution in [2.24, 2.45) is 0 Å². The zero-order chi connectivity index (χ0) is 15.8. The van der Waals surface area contributed by atoms with Gasteiger partial charge in [-0.2, -0.15) is 4.98 Å². The maximum absolute atomic E-state index is 11.5. The number of hydrogen-bond acceptors (Lipinski definition) is 7. The number of nitrogens with one attached hydrogen (secondary N) is 1. The molecule has 0 unspecified atom stereocenters. The van der Waals surface area contributed by atoms with Gasteiger partial charge < -0.3 is 15.2 Å². The Morgan fingerprint density at radius 2 is 2.04 bits per heavy atom. The number of hydrogen-bond donors (Lipinski definition) is 2. The number of rotatable bonds is 4. The first-order valence-corrected chi connectivity index (χ1v) is 7.97. The standard InChI is InChI=1S/C15H20N6O2/c16-15-17-13(8-14(22)18-15)21-5-3-20(4-6-21)9-11-7-12(23-19-11)10-1-2-10/h7-8,10H,1-6,9H2,(H3,16,17,18,22). The molecule has 3 heterocycles. The number of nitrogens with two attached hydrogens (primary N) is 1. The summed E-state index contributed by atoms with van der Waals surface area (Å²) < 4.78 is 5.40. The van der Waals surface area contributed by atoms with Crippen molar-refractivity contribution < 1.29 is 4.52 Å². The fourth-order valence-corrected chi connectivity index (χ4v) is 2.95. The number of piperazine rings is 1. The fourth-order valence-electron chi connectivity index (χ4n) is 2.95. The van der Waals surface area contributed by atoms with Crippen molar-refractivity contribution in [2.45, 2.75) is 25.3 Å². The lowest BCUT2D eigenvalue weighted by atomic mass is 10.2. The third-order valence-corrected chi connectivity index (χ3v) is 4.39. The molecule has 4 rings (SSSR count). The van der Waals surface area contributed by atoms with Crippen LogP contribution < -0.4 is 16.2 Å². The van der Waals surface area contributed by atoms with E-state index in [1.807, 2.05) is 0 Å². The molecular formula is C15H20N6O2. The number of H-pyrrole nitrogens is 1. The van der Waals surface area contributed by atoms with Gasteiger partial charge in [0, 0.05) is 50.8 Å². The second-order valence-electron chi connectivity index (χ2n) is 6.25. The van der Waals surface area contributed by atoms with E-state index in [2.05, 4.69) is 31.0 Å². The smallest absolute Gasteiger partial charge is 0.254 e. The normalized spacial score (nSPS) is 19.2. The van der Waals surface area contributed by atoms with Gasteiger partial charge in [-0.05, 0) is 12.8 Å². The van der Waals surface area contributed by atoms with Gasteiger partial charge in [0.25, 0.3) is 5.56 Å². The molecule has 8 heteroatoms. The number of aromatic amines is 1. The molecular weight excluding hydrogens is 296 g/mol. The molecule has 23 heavy (non-hydrogen) atoms. The van der Waals surface area contributed by atoms with Crippen LogP contribution in [0.3, 0.4) is 0 Å². The molecule has 0 bridgehead atoms. The summed E-state index contributed by atoms with van der Waals surface area (Å²) in [5.74, 6) is 2.43. The third-order valence-electron chi connectivity index (χ3n) is 4.39. The summed E-state index contributed by atoms with van der Waals surface area (Å²) in [6.45, 7) is 4.20. The van der Waals surface area contributed by atoms with Crippen LogP contribution in [0.25, 0.3) is 0 Å². The van der Waals surface area contributed by atoms with Crippen LogP contribution in [0.1, 0.15) is 30.2 Å². The molecule has 0 spiro atoms. The van der Waals surface area contributed by atoms with Crippen LogP contribution >= 0.6 is 0 Å². The Morgan fingerprint density at radius 1 is 1.26 bits per heavy atom. The van der Waals surface area contributed by atoms with Crippen molar-refractivity contribution in [1.82, 2.24) is 20.0 Å². The highest BCUT2D eigenvalue weighted by Crippen LogP contribution is 2.40. The van der Waals surface area contributed by atoms with Crippen molar-refractivity contribution in [3.8, 4) is 0 Å². The highest BCUT2D eigenvalue weighted by Gasteiger charge is 2.28. The molecule has 2 aromatic heterocycles. The van der Waals surface area contributed by atoms with E-state index >= 15 is 0 Å². The van der Waals surface area contributed by atoms with Crippen molar-refractivity contribution in [2.75, 3.05) is 36.8 Å². The summed E-state index contributed by atoms with van der Waals surface area (Å²) >= 11 is 0. The van der Waals surface area contributed by atoms with Crippen molar-refractivity contribution >= 4 is 11.8 Å². The van der Waals surface area contributed by atoms with Gasteiger partial charge in [0.05, 0.1) is 5.69 Å². The summed E-state index contributed by atoms with van der Waals surface area (Å²) in [7, 11) is 0. The summed E-state index contributed by atoms with van der Waals surface area (Å²) in [6, 6.07) is 3.58. The summed E-state index contributed by atoms with van der Waals surface area (Å²) in [4.78, 5) is 22.6. The van der Waals surface area contributed by atoms with Gasteiger partial charge in [-0.15, -0.1) is 0 Å². The topological polar surface area (TPSA) is 104 Å². The molecule has 0 amide bonds. The van der Waals surface area contributed by atoms with E-state index in [0.29, 0.717) is 11.7 Å².